The second kappa shape index (κ2) is 17.0. The predicted octanol–water partition coefficient (Wildman–Crippen LogP) is 0.772. The monoisotopic (exact) mass is 198 g/mol. The SMILES string of the molecule is CC#N.CC#N.O=C(O)/C=C\C(=O)O. The van der Waals surface area contributed by atoms with Crippen molar-refractivity contribution in [3.8, 4) is 12.1 Å². The van der Waals surface area contributed by atoms with Gasteiger partial charge in [-0.25, -0.2) is 9.59 Å². The van der Waals surface area contributed by atoms with Crippen molar-refractivity contribution in [2.24, 2.45) is 0 Å². The minimum Gasteiger partial charge on any atom is -0.478 e. The van der Waals surface area contributed by atoms with Crippen LogP contribution in [0.2, 0.25) is 0 Å². The zero-order valence-electron chi connectivity index (χ0n) is 7.76. The van der Waals surface area contributed by atoms with Crippen LogP contribution in [-0.4, -0.2) is 22.2 Å². The van der Waals surface area contributed by atoms with E-state index in [0.29, 0.717) is 12.2 Å². The van der Waals surface area contributed by atoms with Gasteiger partial charge in [0.25, 0.3) is 0 Å². The van der Waals surface area contributed by atoms with Crippen molar-refractivity contribution in [3.05, 3.63) is 12.2 Å². The number of aliphatic carboxylic acids is 2. The maximum absolute atomic E-state index is 9.55. The molecule has 0 atom stereocenters. The first-order valence-corrected chi connectivity index (χ1v) is 3.21. The smallest absolute Gasteiger partial charge is 0.328 e. The van der Waals surface area contributed by atoms with Crippen LogP contribution in [0, 0.1) is 22.7 Å². The van der Waals surface area contributed by atoms with Crippen molar-refractivity contribution in [2.45, 2.75) is 13.8 Å². The van der Waals surface area contributed by atoms with Crippen molar-refractivity contribution in [2.75, 3.05) is 0 Å². The summed E-state index contributed by atoms with van der Waals surface area (Å²) in [5.41, 5.74) is 0. The Kier molecular flexibility index (Phi) is 21.4. The van der Waals surface area contributed by atoms with Crippen LogP contribution >= 0.6 is 0 Å². The molecule has 0 rings (SSSR count). The maximum atomic E-state index is 9.55. The van der Waals surface area contributed by atoms with Crippen LogP contribution in [-0.2, 0) is 9.59 Å². The standard InChI is InChI=1S/C4H4O4.2C2H3N/c5-3(6)1-2-4(7)8;2*1-2-3/h1-2H,(H,5,6)(H,7,8);2*1H3/b2-1-;;. The van der Waals surface area contributed by atoms with Gasteiger partial charge < -0.3 is 10.2 Å². The van der Waals surface area contributed by atoms with Gasteiger partial charge in [-0.1, -0.05) is 0 Å². The molecule has 0 bridgehead atoms. The van der Waals surface area contributed by atoms with E-state index >= 15 is 0 Å². The first-order chi connectivity index (χ1) is 6.45. The summed E-state index contributed by atoms with van der Waals surface area (Å²) in [7, 11) is 0. The minimum atomic E-state index is -1.26. The van der Waals surface area contributed by atoms with Crippen LogP contribution in [0.15, 0.2) is 12.2 Å². The van der Waals surface area contributed by atoms with E-state index in [1.807, 2.05) is 0 Å². The molecule has 0 aliphatic heterocycles. The highest BCUT2D eigenvalue weighted by Gasteiger charge is 1.88. The van der Waals surface area contributed by atoms with Crippen molar-refractivity contribution >= 4 is 11.9 Å². The van der Waals surface area contributed by atoms with Gasteiger partial charge in [0.2, 0.25) is 0 Å². The Morgan fingerprint density at radius 1 is 1.00 bits per heavy atom. The second-order valence-electron chi connectivity index (χ2n) is 1.46. The van der Waals surface area contributed by atoms with Crippen LogP contribution in [0.1, 0.15) is 13.8 Å². The molecule has 0 aromatic carbocycles. The number of rotatable bonds is 2. The third kappa shape index (κ3) is 102. The molecule has 6 nitrogen and oxygen atoms in total. The first kappa shape index (κ1) is 17.7. The van der Waals surface area contributed by atoms with Gasteiger partial charge in [-0.2, -0.15) is 10.5 Å². The maximum Gasteiger partial charge on any atom is 0.328 e. The largest absolute Gasteiger partial charge is 0.478 e. The Labute approximate surface area is 81.3 Å². The van der Waals surface area contributed by atoms with Gasteiger partial charge in [0.05, 0.1) is 12.1 Å². The van der Waals surface area contributed by atoms with Crippen molar-refractivity contribution < 1.29 is 19.8 Å². The Balaban J connectivity index is -0.000000168. The molecule has 0 fully saturated rings. The summed E-state index contributed by atoms with van der Waals surface area (Å²) in [6, 6.07) is 3.50. The van der Waals surface area contributed by atoms with E-state index in [9.17, 15) is 9.59 Å². The summed E-state index contributed by atoms with van der Waals surface area (Å²) in [5, 5.41) is 30.3. The van der Waals surface area contributed by atoms with Crippen molar-refractivity contribution in [1.29, 1.82) is 10.5 Å². The molecule has 0 saturated heterocycles. The number of carbonyl (C=O) groups is 2. The average Bonchev–Trinajstić information content (AvgIpc) is 2.04. The molecule has 2 N–H and O–H groups in total. The Bertz CT molecular complexity index is 242. The van der Waals surface area contributed by atoms with E-state index in [1.54, 1.807) is 12.1 Å². The third-order valence-corrected chi connectivity index (χ3v) is 0.368. The number of carboxylic acid groups (broad SMARTS) is 2. The lowest BCUT2D eigenvalue weighted by molar-refractivity contribution is -0.134. The van der Waals surface area contributed by atoms with Crippen molar-refractivity contribution in [3.63, 3.8) is 0 Å². The van der Waals surface area contributed by atoms with Gasteiger partial charge >= 0.3 is 11.9 Å². The summed E-state index contributed by atoms with van der Waals surface area (Å²) in [4.78, 5) is 19.1. The fourth-order valence-electron chi connectivity index (χ4n) is 0.143. The summed E-state index contributed by atoms with van der Waals surface area (Å²) in [6.45, 7) is 2.86. The third-order valence-electron chi connectivity index (χ3n) is 0.368. The highest BCUT2D eigenvalue weighted by atomic mass is 16.4. The lowest BCUT2D eigenvalue weighted by Gasteiger charge is -1.74. The number of hydrogen-bond donors (Lipinski definition) is 2. The quantitative estimate of drug-likeness (QED) is 0.632. The average molecular weight is 198 g/mol. The molecule has 6 heteroatoms. The van der Waals surface area contributed by atoms with Crippen LogP contribution in [0.3, 0.4) is 0 Å². The number of nitrogens with zero attached hydrogens (tertiary/aromatic N) is 2. The molecule has 0 saturated carbocycles. The van der Waals surface area contributed by atoms with E-state index < -0.39 is 11.9 Å². The van der Waals surface area contributed by atoms with Gasteiger partial charge in [-0.05, 0) is 0 Å². The Hall–Kier alpha value is -2.34. The predicted molar refractivity (Wildman–Crippen MR) is 47.0 cm³/mol. The molecule has 14 heavy (non-hydrogen) atoms. The first-order valence-electron chi connectivity index (χ1n) is 3.21. The van der Waals surface area contributed by atoms with Crippen LogP contribution in [0.25, 0.3) is 0 Å². The van der Waals surface area contributed by atoms with E-state index in [4.69, 9.17) is 20.7 Å². The van der Waals surface area contributed by atoms with E-state index in [0.717, 1.165) is 0 Å². The summed E-state index contributed by atoms with van der Waals surface area (Å²) >= 11 is 0. The van der Waals surface area contributed by atoms with Gasteiger partial charge in [0.15, 0.2) is 0 Å². The molecule has 76 valence electrons. The van der Waals surface area contributed by atoms with Crippen LogP contribution < -0.4 is 0 Å². The molecular formula is C8H10N2O4. The van der Waals surface area contributed by atoms with Gasteiger partial charge in [0.1, 0.15) is 0 Å². The van der Waals surface area contributed by atoms with E-state index in [2.05, 4.69) is 0 Å². The fraction of sp³-hybridized carbons (Fsp3) is 0.250. The molecule has 0 aliphatic carbocycles. The lowest BCUT2D eigenvalue weighted by Crippen LogP contribution is -1.91. The summed E-state index contributed by atoms with van der Waals surface area (Å²) in [6.07, 6.45) is 1.12. The van der Waals surface area contributed by atoms with Gasteiger partial charge in [-0.15, -0.1) is 0 Å². The van der Waals surface area contributed by atoms with Gasteiger partial charge in [-0.3, -0.25) is 0 Å². The molecular weight excluding hydrogens is 188 g/mol. The molecule has 0 spiro atoms. The summed E-state index contributed by atoms with van der Waals surface area (Å²) < 4.78 is 0. The molecule has 0 heterocycles. The molecule has 0 aromatic heterocycles. The number of carboxylic acids is 2. The molecule has 0 unspecified atom stereocenters. The molecule has 0 aliphatic rings. The minimum absolute atomic E-state index is 0.558. The Morgan fingerprint density at radius 3 is 1.21 bits per heavy atom. The normalized spacial score (nSPS) is 6.57. The number of nitriles is 2. The van der Waals surface area contributed by atoms with E-state index in [1.165, 1.54) is 13.8 Å². The lowest BCUT2D eigenvalue weighted by atomic mass is 10.5. The topological polar surface area (TPSA) is 122 Å². The summed E-state index contributed by atoms with van der Waals surface area (Å²) in [5.74, 6) is -2.51. The molecule has 0 aromatic rings. The fourth-order valence-corrected chi connectivity index (χ4v) is 0.143. The van der Waals surface area contributed by atoms with Crippen molar-refractivity contribution in [1.82, 2.24) is 0 Å². The van der Waals surface area contributed by atoms with Crippen LogP contribution in [0.4, 0.5) is 0 Å². The second-order valence-corrected chi connectivity index (χ2v) is 1.46. The Morgan fingerprint density at radius 2 is 1.14 bits per heavy atom. The zero-order valence-corrected chi connectivity index (χ0v) is 7.76. The van der Waals surface area contributed by atoms with E-state index in [-0.39, 0.29) is 0 Å². The zero-order chi connectivity index (χ0) is 12.0. The van der Waals surface area contributed by atoms with Crippen LogP contribution in [0.5, 0.6) is 0 Å². The highest BCUT2D eigenvalue weighted by molar-refractivity contribution is 5.89. The molecule has 0 radical (unpaired) electrons. The molecule has 0 amide bonds. The highest BCUT2D eigenvalue weighted by Crippen LogP contribution is 1.70. The van der Waals surface area contributed by atoms with Gasteiger partial charge in [0, 0.05) is 26.0 Å². The number of hydrogen-bond acceptors (Lipinski definition) is 4.